The summed E-state index contributed by atoms with van der Waals surface area (Å²) < 4.78 is 17.2. The second-order valence-electron chi connectivity index (χ2n) is 7.68. The van der Waals surface area contributed by atoms with Crippen LogP contribution >= 0.6 is 23.5 Å². The topological polar surface area (TPSA) is 72.4 Å². The van der Waals surface area contributed by atoms with Crippen molar-refractivity contribution in [3.8, 4) is 17.2 Å². The lowest BCUT2D eigenvalue weighted by Gasteiger charge is -2.22. The molecule has 176 valence electrons. The summed E-state index contributed by atoms with van der Waals surface area (Å²) >= 11 is 3.92. The molecule has 0 aromatic heterocycles. The van der Waals surface area contributed by atoms with E-state index >= 15 is 0 Å². The van der Waals surface area contributed by atoms with Gasteiger partial charge in [-0.2, -0.15) is 5.10 Å². The van der Waals surface area contributed by atoms with Gasteiger partial charge in [0.2, 0.25) is 0 Å². The van der Waals surface area contributed by atoms with Crippen LogP contribution in [-0.2, 0) is 4.79 Å². The van der Waals surface area contributed by atoms with Crippen LogP contribution in [-0.4, -0.2) is 57.5 Å². The van der Waals surface area contributed by atoms with Gasteiger partial charge in [-0.1, -0.05) is 12.1 Å². The molecule has 2 heterocycles. The smallest absolute Gasteiger partial charge is 0.277 e. The summed E-state index contributed by atoms with van der Waals surface area (Å²) in [6, 6.07) is 11.8. The molecule has 2 aromatic carbocycles. The summed E-state index contributed by atoms with van der Waals surface area (Å²) in [5.74, 6) is 4.13. The Morgan fingerprint density at radius 2 is 1.79 bits per heavy atom. The molecule has 2 aliphatic rings. The number of benzene rings is 2. The molecule has 1 N–H and O–H groups in total. The first-order chi connectivity index (χ1) is 16.2. The highest BCUT2D eigenvalue weighted by atomic mass is 32.2. The van der Waals surface area contributed by atoms with Gasteiger partial charge in [-0.3, -0.25) is 4.79 Å². The van der Waals surface area contributed by atoms with Gasteiger partial charge in [0.15, 0.2) is 6.61 Å². The second kappa shape index (κ2) is 11.6. The Kier molecular flexibility index (Phi) is 8.28. The van der Waals surface area contributed by atoms with Crippen molar-refractivity contribution in [2.45, 2.75) is 17.4 Å². The van der Waals surface area contributed by atoms with Gasteiger partial charge in [-0.05, 0) is 36.6 Å². The van der Waals surface area contributed by atoms with E-state index in [0.717, 1.165) is 30.1 Å². The van der Waals surface area contributed by atoms with Crippen molar-refractivity contribution in [2.75, 3.05) is 50.3 Å². The molecule has 2 saturated heterocycles. The van der Waals surface area contributed by atoms with Gasteiger partial charge in [-0.25, -0.2) is 5.43 Å². The Morgan fingerprint density at radius 3 is 2.45 bits per heavy atom. The number of hydrogen-bond donors (Lipinski definition) is 1. The molecule has 1 amide bonds. The first-order valence-electron chi connectivity index (χ1n) is 11.0. The third kappa shape index (κ3) is 6.09. The predicted octanol–water partition coefficient (Wildman–Crippen LogP) is 4.31. The normalized spacial score (nSPS) is 16.4. The molecule has 0 unspecified atom stereocenters. The molecule has 4 rings (SSSR count). The summed E-state index contributed by atoms with van der Waals surface area (Å²) in [6.07, 6.45) is 3.90. The molecule has 9 heteroatoms. The van der Waals surface area contributed by atoms with Crippen LogP contribution in [0.3, 0.4) is 0 Å². The van der Waals surface area contributed by atoms with Crippen LogP contribution in [0.15, 0.2) is 41.5 Å². The third-order valence-corrected chi connectivity index (χ3v) is 8.62. The minimum absolute atomic E-state index is 0.113. The fourth-order valence-electron chi connectivity index (χ4n) is 3.84. The number of rotatable bonds is 9. The maximum absolute atomic E-state index is 12.2. The Hall–Kier alpha value is -2.52. The molecule has 33 heavy (non-hydrogen) atoms. The van der Waals surface area contributed by atoms with Crippen molar-refractivity contribution >= 4 is 41.3 Å². The van der Waals surface area contributed by atoms with Crippen molar-refractivity contribution in [1.29, 1.82) is 0 Å². The van der Waals surface area contributed by atoms with Gasteiger partial charge >= 0.3 is 0 Å². The van der Waals surface area contributed by atoms with E-state index in [9.17, 15) is 4.79 Å². The lowest BCUT2D eigenvalue weighted by molar-refractivity contribution is -0.123. The van der Waals surface area contributed by atoms with Crippen LogP contribution in [0.1, 0.15) is 28.6 Å². The number of nitrogens with one attached hydrogen (secondary N) is 1. The highest BCUT2D eigenvalue weighted by Crippen LogP contribution is 2.45. The molecule has 7 nitrogen and oxygen atoms in total. The molecule has 0 atom stereocenters. The van der Waals surface area contributed by atoms with Crippen LogP contribution < -0.4 is 24.5 Å². The number of hydrazone groups is 1. The Balaban J connectivity index is 1.32. The van der Waals surface area contributed by atoms with E-state index in [0.29, 0.717) is 16.1 Å². The van der Waals surface area contributed by atoms with E-state index in [1.807, 2.05) is 47.8 Å². The summed E-state index contributed by atoms with van der Waals surface area (Å²) in [6.45, 7) is 1.90. The lowest BCUT2D eigenvalue weighted by Crippen LogP contribution is -2.24. The maximum atomic E-state index is 12.2. The van der Waals surface area contributed by atoms with Crippen LogP contribution in [0.2, 0.25) is 0 Å². The zero-order valence-corrected chi connectivity index (χ0v) is 20.5. The van der Waals surface area contributed by atoms with Crippen molar-refractivity contribution in [3.05, 3.63) is 47.5 Å². The quantitative estimate of drug-likeness (QED) is 0.417. The zero-order chi connectivity index (χ0) is 23.0. The first-order valence-corrected chi connectivity index (χ1v) is 13.1. The average Bonchev–Trinajstić information content (AvgIpc) is 3.57. The average molecular weight is 488 g/mol. The van der Waals surface area contributed by atoms with Gasteiger partial charge < -0.3 is 19.1 Å². The van der Waals surface area contributed by atoms with E-state index in [1.54, 1.807) is 20.4 Å². The van der Waals surface area contributed by atoms with Crippen molar-refractivity contribution in [3.63, 3.8) is 0 Å². The lowest BCUT2D eigenvalue weighted by atomic mass is 10.1. The summed E-state index contributed by atoms with van der Waals surface area (Å²) in [7, 11) is 3.27. The number of carbonyl (C=O) groups excluding carboxylic acids is 1. The minimum atomic E-state index is -0.336. The summed E-state index contributed by atoms with van der Waals surface area (Å²) in [5, 5.41) is 4.07. The Labute approximate surface area is 203 Å². The number of anilines is 1. The molecule has 2 fully saturated rings. The standard InChI is InChI=1S/C24H29N3O4S2/c1-29-21-14-20(27-9-3-4-10-27)22(30-2)13-18(21)15-25-26-23(28)16-31-19-7-5-17(6-8-19)24-32-11-12-33-24/h5-8,13-15,24H,3-4,9-12,16H2,1-2H3,(H,26,28)/b25-15-. The van der Waals surface area contributed by atoms with E-state index in [2.05, 4.69) is 27.6 Å². The van der Waals surface area contributed by atoms with Crippen molar-refractivity contribution in [1.82, 2.24) is 5.43 Å². The SMILES string of the molecule is COc1cc(N2CCCC2)c(OC)cc1/C=N\NC(=O)COc1ccc(C2SCCS2)cc1. The third-order valence-electron chi connectivity index (χ3n) is 5.51. The summed E-state index contributed by atoms with van der Waals surface area (Å²) in [5.41, 5.74) is 5.52. The minimum Gasteiger partial charge on any atom is -0.496 e. The number of nitrogens with zero attached hydrogens (tertiary/aromatic N) is 2. The molecule has 0 bridgehead atoms. The van der Waals surface area contributed by atoms with Gasteiger partial charge in [-0.15, -0.1) is 23.5 Å². The predicted molar refractivity (Wildman–Crippen MR) is 136 cm³/mol. The van der Waals surface area contributed by atoms with Gasteiger partial charge in [0, 0.05) is 36.2 Å². The number of carbonyl (C=O) groups is 1. The fraction of sp³-hybridized carbons (Fsp3) is 0.417. The molecule has 0 spiro atoms. The first kappa shape index (κ1) is 23.6. The second-order valence-corrected chi connectivity index (χ2v) is 10.4. The number of amides is 1. The van der Waals surface area contributed by atoms with Crippen LogP contribution in [0.25, 0.3) is 0 Å². The van der Waals surface area contributed by atoms with E-state index in [4.69, 9.17) is 14.2 Å². The zero-order valence-electron chi connectivity index (χ0n) is 18.9. The van der Waals surface area contributed by atoms with Gasteiger partial charge in [0.1, 0.15) is 17.2 Å². The molecular formula is C24H29N3O4S2. The number of hydrogen-bond acceptors (Lipinski definition) is 8. The number of thioether (sulfide) groups is 2. The fourth-order valence-corrected chi connectivity index (χ4v) is 6.70. The highest BCUT2D eigenvalue weighted by Gasteiger charge is 2.20. The molecule has 0 saturated carbocycles. The van der Waals surface area contributed by atoms with E-state index in [1.165, 1.54) is 29.9 Å². The van der Waals surface area contributed by atoms with Crippen LogP contribution in [0, 0.1) is 0 Å². The van der Waals surface area contributed by atoms with Gasteiger partial charge in [0.05, 0.1) is 30.7 Å². The van der Waals surface area contributed by atoms with E-state index < -0.39 is 0 Å². The van der Waals surface area contributed by atoms with E-state index in [-0.39, 0.29) is 12.5 Å². The highest BCUT2D eigenvalue weighted by molar-refractivity contribution is 8.19. The Bertz CT molecular complexity index is 972. The van der Waals surface area contributed by atoms with Crippen molar-refractivity contribution in [2.24, 2.45) is 5.10 Å². The van der Waals surface area contributed by atoms with Gasteiger partial charge in [0.25, 0.3) is 5.91 Å². The molecule has 0 aliphatic carbocycles. The van der Waals surface area contributed by atoms with Crippen molar-refractivity contribution < 1.29 is 19.0 Å². The van der Waals surface area contributed by atoms with Crippen LogP contribution in [0.5, 0.6) is 17.2 Å². The largest absolute Gasteiger partial charge is 0.496 e. The number of methoxy groups -OCH3 is 2. The Morgan fingerprint density at radius 1 is 1.09 bits per heavy atom. The monoisotopic (exact) mass is 487 g/mol. The number of ether oxygens (including phenoxy) is 3. The summed E-state index contributed by atoms with van der Waals surface area (Å²) in [4.78, 5) is 14.5. The molecule has 2 aliphatic heterocycles. The molecular weight excluding hydrogens is 458 g/mol. The molecule has 0 radical (unpaired) electrons. The maximum Gasteiger partial charge on any atom is 0.277 e. The van der Waals surface area contributed by atoms with Crippen LogP contribution in [0.4, 0.5) is 5.69 Å². The molecule has 2 aromatic rings.